The molecular weight excluding hydrogens is 482 g/mol. The van der Waals surface area contributed by atoms with Crippen molar-refractivity contribution in [3.05, 3.63) is 73.3 Å². The van der Waals surface area contributed by atoms with Crippen molar-refractivity contribution in [1.82, 2.24) is 4.98 Å². The van der Waals surface area contributed by atoms with Crippen molar-refractivity contribution in [2.75, 3.05) is 11.9 Å². The van der Waals surface area contributed by atoms with Gasteiger partial charge in [-0.25, -0.2) is 14.6 Å². The highest BCUT2D eigenvalue weighted by atomic mass is 32.1. The van der Waals surface area contributed by atoms with E-state index in [0.29, 0.717) is 44.6 Å². The summed E-state index contributed by atoms with van der Waals surface area (Å²) >= 11 is 2.79. The minimum absolute atomic E-state index is 0.298. The Morgan fingerprint density at radius 2 is 2.14 bits per heavy atom. The number of anilines is 1. The van der Waals surface area contributed by atoms with Gasteiger partial charge in [0, 0.05) is 21.8 Å². The van der Waals surface area contributed by atoms with Crippen LogP contribution in [0, 0.1) is 11.3 Å². The number of nitriles is 1. The van der Waals surface area contributed by atoms with Crippen LogP contribution in [0.5, 0.6) is 0 Å². The van der Waals surface area contributed by atoms with E-state index in [4.69, 9.17) is 9.15 Å². The zero-order chi connectivity index (χ0) is 24.4. The van der Waals surface area contributed by atoms with Crippen molar-refractivity contribution in [1.29, 1.82) is 5.26 Å². The molecule has 4 aromatic rings. The Morgan fingerprint density at radius 1 is 1.31 bits per heavy atom. The largest absolute Gasteiger partial charge is 0.462 e. The topological polar surface area (TPSA) is 105 Å². The van der Waals surface area contributed by atoms with Gasteiger partial charge in [0.15, 0.2) is 0 Å². The van der Waals surface area contributed by atoms with Crippen LogP contribution in [0.1, 0.15) is 45.6 Å². The number of thiophene rings is 1. The summed E-state index contributed by atoms with van der Waals surface area (Å²) in [5.74, 6) is -0.346. The molecule has 1 aliphatic rings. The number of aromatic nitrogens is 1. The van der Waals surface area contributed by atoms with Crippen LogP contribution in [0.4, 0.5) is 5.00 Å². The summed E-state index contributed by atoms with van der Waals surface area (Å²) in [7, 11) is 0. The quantitative estimate of drug-likeness (QED) is 0.195. The summed E-state index contributed by atoms with van der Waals surface area (Å²) < 4.78 is 10.7. The predicted molar refractivity (Wildman–Crippen MR) is 138 cm³/mol. The molecule has 3 heterocycles. The molecule has 0 fully saturated rings. The maximum absolute atomic E-state index is 12.7. The van der Waals surface area contributed by atoms with Gasteiger partial charge in [-0.05, 0) is 50.3 Å². The number of rotatable bonds is 6. The van der Waals surface area contributed by atoms with E-state index in [0.717, 1.165) is 36.6 Å². The first-order chi connectivity index (χ1) is 17.1. The van der Waals surface area contributed by atoms with Gasteiger partial charge in [0.1, 0.15) is 27.2 Å². The van der Waals surface area contributed by atoms with E-state index in [1.807, 2.05) is 12.1 Å². The molecule has 0 radical (unpaired) electrons. The molecule has 0 saturated heterocycles. The number of hydrogen-bond acceptors (Lipinski definition) is 9. The molecule has 9 heteroatoms. The lowest BCUT2D eigenvalue weighted by Gasteiger charge is -2.12. The number of nitrogens with one attached hydrogen (secondary N) is 1. The summed E-state index contributed by atoms with van der Waals surface area (Å²) in [6.45, 7) is 2.08. The molecule has 0 saturated carbocycles. The Morgan fingerprint density at radius 3 is 2.97 bits per heavy atom. The summed E-state index contributed by atoms with van der Waals surface area (Å²) in [5.41, 5.74) is 2.73. The second kappa shape index (κ2) is 9.86. The first kappa shape index (κ1) is 23.0. The van der Waals surface area contributed by atoms with Gasteiger partial charge in [0.25, 0.3) is 0 Å². The molecule has 176 valence electrons. The maximum atomic E-state index is 12.7. The second-order valence-corrected chi connectivity index (χ2v) is 9.94. The zero-order valence-electron chi connectivity index (χ0n) is 18.9. The lowest BCUT2D eigenvalue weighted by Crippen LogP contribution is -2.10. The van der Waals surface area contributed by atoms with Crippen molar-refractivity contribution >= 4 is 50.2 Å². The van der Waals surface area contributed by atoms with E-state index in [-0.39, 0.29) is 5.97 Å². The first-order valence-electron chi connectivity index (χ1n) is 11.3. The lowest BCUT2D eigenvalue weighted by atomic mass is 9.95. The molecule has 1 aliphatic carbocycles. The van der Waals surface area contributed by atoms with Crippen molar-refractivity contribution < 1.29 is 13.9 Å². The van der Waals surface area contributed by atoms with E-state index in [1.54, 1.807) is 36.7 Å². The predicted octanol–water partition coefficient (Wildman–Crippen LogP) is 6.01. The average Bonchev–Trinajstić information content (AvgIpc) is 3.49. The van der Waals surface area contributed by atoms with Crippen LogP contribution in [0.2, 0.25) is 0 Å². The molecule has 7 nitrogen and oxygen atoms in total. The van der Waals surface area contributed by atoms with Crippen LogP contribution in [-0.2, 0) is 17.6 Å². The van der Waals surface area contributed by atoms with Crippen molar-refractivity contribution in [3.8, 4) is 17.3 Å². The Labute approximate surface area is 209 Å². The van der Waals surface area contributed by atoms with Crippen LogP contribution in [-0.4, -0.2) is 17.6 Å². The van der Waals surface area contributed by atoms with Gasteiger partial charge in [-0.15, -0.1) is 22.7 Å². The van der Waals surface area contributed by atoms with E-state index >= 15 is 0 Å². The number of ether oxygens (including phenoxy) is 1. The van der Waals surface area contributed by atoms with Gasteiger partial charge >= 0.3 is 11.6 Å². The number of benzene rings is 1. The minimum Gasteiger partial charge on any atom is -0.462 e. The number of carbonyl (C=O) groups excluding carboxylic acids is 1. The van der Waals surface area contributed by atoms with Crippen molar-refractivity contribution in [2.24, 2.45) is 0 Å². The minimum atomic E-state index is -0.482. The highest BCUT2D eigenvalue weighted by Crippen LogP contribution is 2.39. The van der Waals surface area contributed by atoms with E-state index in [9.17, 15) is 14.9 Å². The monoisotopic (exact) mass is 503 g/mol. The third-order valence-corrected chi connectivity index (χ3v) is 7.87. The van der Waals surface area contributed by atoms with Gasteiger partial charge in [-0.2, -0.15) is 5.26 Å². The fourth-order valence-corrected chi connectivity index (χ4v) is 6.16. The molecule has 5 rings (SSSR count). The normalized spacial score (nSPS) is 13.3. The van der Waals surface area contributed by atoms with E-state index < -0.39 is 5.63 Å². The summed E-state index contributed by atoms with van der Waals surface area (Å²) in [5, 5.41) is 16.6. The third-order valence-electron chi connectivity index (χ3n) is 5.77. The number of aryl methyl sites for hydroxylation is 1. The van der Waals surface area contributed by atoms with Crippen molar-refractivity contribution in [2.45, 2.75) is 32.6 Å². The Kier molecular flexibility index (Phi) is 6.49. The van der Waals surface area contributed by atoms with Crippen LogP contribution < -0.4 is 10.9 Å². The van der Waals surface area contributed by atoms with Gasteiger partial charge in [-0.1, -0.05) is 18.2 Å². The molecule has 0 aliphatic heterocycles. The van der Waals surface area contributed by atoms with Gasteiger partial charge in [0.2, 0.25) is 0 Å². The molecule has 0 spiro atoms. The molecule has 0 amide bonds. The second-order valence-electron chi connectivity index (χ2n) is 7.97. The number of para-hydroxylation sites is 1. The molecule has 1 aromatic carbocycles. The van der Waals surface area contributed by atoms with Gasteiger partial charge in [0.05, 0.1) is 23.4 Å². The van der Waals surface area contributed by atoms with Crippen LogP contribution >= 0.6 is 22.7 Å². The van der Waals surface area contributed by atoms with E-state index in [2.05, 4.69) is 16.4 Å². The number of allylic oxidation sites excluding steroid dienone is 1. The highest BCUT2D eigenvalue weighted by molar-refractivity contribution is 7.16. The molecular formula is C26H21N3O4S2. The van der Waals surface area contributed by atoms with Gasteiger partial charge in [-0.3, -0.25) is 0 Å². The van der Waals surface area contributed by atoms with Crippen LogP contribution in [0.15, 0.2) is 51.1 Å². The van der Waals surface area contributed by atoms with Gasteiger partial charge < -0.3 is 14.5 Å². The average molecular weight is 504 g/mol. The molecule has 1 N–H and O–H groups in total. The molecule has 0 bridgehead atoms. The summed E-state index contributed by atoms with van der Waals surface area (Å²) in [6, 6.07) is 11.2. The summed E-state index contributed by atoms with van der Waals surface area (Å²) in [6.07, 6.45) is 5.48. The van der Waals surface area contributed by atoms with Crippen LogP contribution in [0.25, 0.3) is 27.8 Å². The van der Waals surface area contributed by atoms with Crippen LogP contribution in [0.3, 0.4) is 0 Å². The number of fused-ring (bicyclic) bond motifs is 2. The SMILES string of the molecule is CCOC(=O)c1c(NC=C(C#N)c2nc(-c3cc4ccccc4oc3=O)cs2)sc2c1CCCC2. The number of nitrogens with zero attached hydrogens (tertiary/aromatic N) is 2. The maximum Gasteiger partial charge on any atom is 0.345 e. The number of esters is 1. The number of thiazole rings is 1. The molecule has 0 unspecified atom stereocenters. The number of carbonyl (C=O) groups is 1. The number of hydrogen-bond donors (Lipinski definition) is 1. The van der Waals surface area contributed by atoms with E-state index in [1.165, 1.54) is 27.6 Å². The smallest absolute Gasteiger partial charge is 0.345 e. The molecule has 35 heavy (non-hydrogen) atoms. The Balaban J connectivity index is 1.46. The standard InChI is InChI=1S/C26H21N3O4S2/c1-2-32-26(31)22-17-8-4-6-10-21(17)35-24(22)28-13-16(12-27)23-29-19(14-34-23)18-11-15-7-3-5-9-20(15)33-25(18)30/h3,5,7,9,11,13-14,28H,2,4,6,8,10H2,1H3. The molecule has 3 aromatic heterocycles. The third kappa shape index (κ3) is 4.50. The zero-order valence-corrected chi connectivity index (χ0v) is 20.6. The highest BCUT2D eigenvalue weighted by Gasteiger charge is 2.26. The Hall–Kier alpha value is -3.74. The first-order valence-corrected chi connectivity index (χ1v) is 13.0. The lowest BCUT2D eigenvalue weighted by molar-refractivity contribution is 0.0526. The fraction of sp³-hybridized carbons (Fsp3) is 0.231. The molecule has 0 atom stereocenters. The fourth-order valence-electron chi connectivity index (χ4n) is 4.13. The summed E-state index contributed by atoms with van der Waals surface area (Å²) in [4.78, 5) is 30.9. The Bertz CT molecular complexity index is 1550. The van der Waals surface area contributed by atoms with Crippen molar-refractivity contribution in [3.63, 3.8) is 0 Å².